The summed E-state index contributed by atoms with van der Waals surface area (Å²) < 4.78 is 0. The van der Waals surface area contributed by atoms with Crippen LogP contribution in [0.25, 0.3) is 0 Å². The van der Waals surface area contributed by atoms with Gasteiger partial charge in [-0.2, -0.15) is 0 Å². The number of amides is 1. The van der Waals surface area contributed by atoms with Crippen molar-refractivity contribution in [3.8, 4) is 0 Å². The Morgan fingerprint density at radius 2 is 2.38 bits per heavy atom. The number of hydrogen-bond donors (Lipinski definition) is 2. The van der Waals surface area contributed by atoms with Crippen molar-refractivity contribution in [1.82, 2.24) is 10.2 Å². The fraction of sp³-hybridized carbons (Fsp3) is 0.889. The first-order chi connectivity index (χ1) is 6.27. The van der Waals surface area contributed by atoms with Crippen molar-refractivity contribution in [2.24, 2.45) is 5.73 Å². The second-order valence-electron chi connectivity index (χ2n) is 4.00. The Balaban J connectivity index is 1.78. The summed E-state index contributed by atoms with van der Waals surface area (Å²) in [6.07, 6.45) is 3.45. The van der Waals surface area contributed by atoms with Gasteiger partial charge in [-0.15, -0.1) is 0 Å². The molecule has 0 saturated carbocycles. The smallest absolute Gasteiger partial charge is 0.234 e. The van der Waals surface area contributed by atoms with E-state index in [0.717, 1.165) is 26.1 Å². The first-order valence-corrected chi connectivity index (χ1v) is 5.04. The lowest BCUT2D eigenvalue weighted by molar-refractivity contribution is -0.127. The SMILES string of the molecule is NC(=O)C1CCN1C[C@@H]1CCCN1. The average Bonchev–Trinajstić information content (AvgIpc) is 2.48. The number of carbonyl (C=O) groups is 1. The third-order valence-electron chi connectivity index (χ3n) is 3.08. The molecule has 2 aliphatic rings. The zero-order valence-electron chi connectivity index (χ0n) is 7.83. The maximum absolute atomic E-state index is 10.9. The van der Waals surface area contributed by atoms with E-state index in [1.165, 1.54) is 12.8 Å². The first-order valence-electron chi connectivity index (χ1n) is 5.04. The number of nitrogens with two attached hydrogens (primary N) is 1. The van der Waals surface area contributed by atoms with E-state index in [1.807, 2.05) is 0 Å². The summed E-state index contributed by atoms with van der Waals surface area (Å²) in [5, 5.41) is 3.42. The maximum Gasteiger partial charge on any atom is 0.234 e. The molecule has 2 heterocycles. The molecule has 0 aromatic heterocycles. The van der Waals surface area contributed by atoms with Gasteiger partial charge in [-0.3, -0.25) is 9.69 Å². The number of carbonyl (C=O) groups excluding carboxylic acids is 1. The van der Waals surface area contributed by atoms with Crippen molar-refractivity contribution in [2.45, 2.75) is 31.3 Å². The Bertz CT molecular complexity index is 201. The predicted octanol–water partition coefficient (Wildman–Crippen LogP) is -0.702. The summed E-state index contributed by atoms with van der Waals surface area (Å²) in [6, 6.07) is 0.601. The van der Waals surface area contributed by atoms with Crippen LogP contribution in [0.5, 0.6) is 0 Å². The zero-order valence-corrected chi connectivity index (χ0v) is 7.83. The number of nitrogens with zero attached hydrogens (tertiary/aromatic N) is 1. The molecule has 0 aromatic rings. The first kappa shape index (κ1) is 8.97. The van der Waals surface area contributed by atoms with E-state index in [1.54, 1.807) is 0 Å². The van der Waals surface area contributed by atoms with Crippen LogP contribution < -0.4 is 11.1 Å². The Labute approximate surface area is 78.5 Å². The number of hydrogen-bond acceptors (Lipinski definition) is 3. The largest absolute Gasteiger partial charge is 0.368 e. The molecule has 13 heavy (non-hydrogen) atoms. The van der Waals surface area contributed by atoms with Crippen LogP contribution in [0.4, 0.5) is 0 Å². The van der Waals surface area contributed by atoms with Crippen LogP contribution in [0, 0.1) is 0 Å². The Morgan fingerprint density at radius 3 is 2.85 bits per heavy atom. The summed E-state index contributed by atoms with van der Waals surface area (Å²) in [5.74, 6) is -0.163. The van der Waals surface area contributed by atoms with Gasteiger partial charge in [0.1, 0.15) is 0 Å². The van der Waals surface area contributed by atoms with E-state index in [-0.39, 0.29) is 11.9 Å². The highest BCUT2D eigenvalue weighted by Gasteiger charge is 2.34. The van der Waals surface area contributed by atoms with E-state index in [2.05, 4.69) is 10.2 Å². The lowest BCUT2D eigenvalue weighted by Crippen LogP contribution is -2.57. The van der Waals surface area contributed by atoms with Gasteiger partial charge in [0.2, 0.25) is 5.91 Å². The van der Waals surface area contributed by atoms with E-state index < -0.39 is 0 Å². The van der Waals surface area contributed by atoms with Gasteiger partial charge in [-0.05, 0) is 25.8 Å². The molecule has 2 fully saturated rings. The third-order valence-corrected chi connectivity index (χ3v) is 3.08. The second-order valence-corrected chi connectivity index (χ2v) is 4.00. The molecule has 4 nitrogen and oxygen atoms in total. The van der Waals surface area contributed by atoms with E-state index >= 15 is 0 Å². The van der Waals surface area contributed by atoms with Crippen LogP contribution in [0.15, 0.2) is 0 Å². The summed E-state index contributed by atoms with van der Waals surface area (Å²) in [5.41, 5.74) is 5.26. The molecule has 1 unspecified atom stereocenters. The van der Waals surface area contributed by atoms with Crippen molar-refractivity contribution in [2.75, 3.05) is 19.6 Å². The number of primary amides is 1. The number of nitrogens with one attached hydrogen (secondary N) is 1. The fourth-order valence-electron chi connectivity index (χ4n) is 2.18. The highest BCUT2D eigenvalue weighted by Crippen LogP contribution is 2.18. The molecular weight excluding hydrogens is 166 g/mol. The predicted molar refractivity (Wildman–Crippen MR) is 50.2 cm³/mol. The molecular formula is C9H17N3O. The molecule has 0 radical (unpaired) electrons. The molecule has 74 valence electrons. The molecule has 1 amide bonds. The van der Waals surface area contributed by atoms with Crippen LogP contribution in [-0.4, -0.2) is 42.5 Å². The van der Waals surface area contributed by atoms with Crippen LogP contribution in [0.1, 0.15) is 19.3 Å². The summed E-state index contributed by atoms with van der Waals surface area (Å²) >= 11 is 0. The number of rotatable bonds is 3. The molecule has 2 rings (SSSR count). The highest BCUT2D eigenvalue weighted by atomic mass is 16.1. The Hall–Kier alpha value is -0.610. The Morgan fingerprint density at radius 1 is 1.54 bits per heavy atom. The highest BCUT2D eigenvalue weighted by molar-refractivity contribution is 5.80. The van der Waals surface area contributed by atoms with Crippen molar-refractivity contribution in [3.05, 3.63) is 0 Å². The number of likely N-dealkylation sites (tertiary alicyclic amines) is 1. The van der Waals surface area contributed by atoms with Gasteiger partial charge in [0.15, 0.2) is 0 Å². The Kier molecular flexibility index (Phi) is 2.51. The molecule has 2 aliphatic heterocycles. The maximum atomic E-state index is 10.9. The molecule has 0 spiro atoms. The van der Waals surface area contributed by atoms with Gasteiger partial charge in [-0.1, -0.05) is 0 Å². The van der Waals surface area contributed by atoms with Crippen molar-refractivity contribution in [3.63, 3.8) is 0 Å². The summed E-state index contributed by atoms with van der Waals surface area (Å²) in [7, 11) is 0. The molecule has 0 bridgehead atoms. The van der Waals surface area contributed by atoms with Crippen molar-refractivity contribution in [1.29, 1.82) is 0 Å². The van der Waals surface area contributed by atoms with Crippen LogP contribution in [0.2, 0.25) is 0 Å². The van der Waals surface area contributed by atoms with Gasteiger partial charge in [-0.25, -0.2) is 0 Å². The third kappa shape index (κ3) is 1.84. The zero-order chi connectivity index (χ0) is 9.26. The molecule has 4 heteroatoms. The van der Waals surface area contributed by atoms with Crippen molar-refractivity contribution >= 4 is 5.91 Å². The van der Waals surface area contributed by atoms with Gasteiger partial charge < -0.3 is 11.1 Å². The van der Waals surface area contributed by atoms with Gasteiger partial charge in [0.05, 0.1) is 6.04 Å². The van der Waals surface area contributed by atoms with Crippen LogP contribution in [0.3, 0.4) is 0 Å². The van der Waals surface area contributed by atoms with Crippen LogP contribution in [-0.2, 0) is 4.79 Å². The lowest BCUT2D eigenvalue weighted by atomic mass is 10.0. The van der Waals surface area contributed by atoms with E-state index in [0.29, 0.717) is 6.04 Å². The summed E-state index contributed by atoms with van der Waals surface area (Å²) in [4.78, 5) is 13.1. The van der Waals surface area contributed by atoms with Gasteiger partial charge in [0, 0.05) is 19.1 Å². The molecule has 0 aromatic carbocycles. The van der Waals surface area contributed by atoms with Crippen molar-refractivity contribution < 1.29 is 4.79 Å². The molecule has 0 aliphatic carbocycles. The van der Waals surface area contributed by atoms with E-state index in [9.17, 15) is 4.79 Å². The lowest BCUT2D eigenvalue weighted by Gasteiger charge is -2.40. The second kappa shape index (κ2) is 3.64. The van der Waals surface area contributed by atoms with E-state index in [4.69, 9.17) is 5.73 Å². The van der Waals surface area contributed by atoms with Gasteiger partial charge in [0.25, 0.3) is 0 Å². The minimum atomic E-state index is -0.163. The summed E-state index contributed by atoms with van der Waals surface area (Å²) in [6.45, 7) is 3.15. The normalized spacial score (nSPS) is 34.5. The van der Waals surface area contributed by atoms with Gasteiger partial charge >= 0.3 is 0 Å². The minimum Gasteiger partial charge on any atom is -0.368 e. The minimum absolute atomic E-state index is 0.0161. The monoisotopic (exact) mass is 183 g/mol. The fourth-order valence-corrected chi connectivity index (χ4v) is 2.18. The molecule has 3 N–H and O–H groups in total. The topological polar surface area (TPSA) is 58.4 Å². The molecule has 2 saturated heterocycles. The standard InChI is InChI=1S/C9H17N3O/c10-9(13)8-3-5-12(8)6-7-2-1-4-11-7/h7-8,11H,1-6H2,(H2,10,13)/t7-,8?/m0/s1. The average molecular weight is 183 g/mol. The quantitative estimate of drug-likeness (QED) is 0.608. The van der Waals surface area contributed by atoms with Crippen LogP contribution >= 0.6 is 0 Å². The molecule has 2 atom stereocenters.